The number of hydrogen-bond acceptors (Lipinski definition) is 7. The number of fused-ring (bicyclic) bond motifs is 1. The Morgan fingerprint density at radius 3 is 2.32 bits per heavy atom. The van der Waals surface area contributed by atoms with Crippen molar-refractivity contribution in [1.82, 2.24) is 0 Å². The molecule has 7 heteroatoms. The highest BCUT2D eigenvalue weighted by Crippen LogP contribution is 2.39. The summed E-state index contributed by atoms with van der Waals surface area (Å²) in [4.78, 5) is 24.4. The van der Waals surface area contributed by atoms with E-state index in [1.54, 1.807) is 12.1 Å². The van der Waals surface area contributed by atoms with Gasteiger partial charge in [-0.15, -0.1) is 0 Å². The first-order valence-electron chi connectivity index (χ1n) is 13.3. The second-order valence-electron chi connectivity index (χ2n) is 10.8. The second kappa shape index (κ2) is 11.9. The van der Waals surface area contributed by atoms with E-state index in [1.165, 1.54) is 11.6 Å². The lowest BCUT2D eigenvalue weighted by molar-refractivity contribution is -0.152. The van der Waals surface area contributed by atoms with Gasteiger partial charge in [0.1, 0.15) is 36.0 Å². The van der Waals surface area contributed by atoms with Crippen molar-refractivity contribution in [3.63, 3.8) is 0 Å². The normalized spacial score (nSPS) is 12.8. The highest BCUT2D eigenvalue weighted by atomic mass is 16.6. The van der Waals surface area contributed by atoms with E-state index >= 15 is 0 Å². The molecule has 1 unspecified atom stereocenters. The molecule has 1 aromatic heterocycles. The van der Waals surface area contributed by atoms with Crippen molar-refractivity contribution in [2.45, 2.75) is 84.7 Å². The number of rotatable bonds is 12. The number of esters is 1. The number of carbonyl (C=O) groups excluding carboxylic acids is 1. The Labute approximate surface area is 224 Å². The van der Waals surface area contributed by atoms with Crippen LogP contribution in [-0.2, 0) is 20.4 Å². The van der Waals surface area contributed by atoms with Crippen molar-refractivity contribution in [2.24, 2.45) is 0 Å². The van der Waals surface area contributed by atoms with Gasteiger partial charge in [-0.2, -0.15) is 0 Å². The van der Waals surface area contributed by atoms with E-state index in [9.17, 15) is 14.7 Å². The molecule has 0 radical (unpaired) electrons. The van der Waals surface area contributed by atoms with E-state index in [-0.39, 0.29) is 35.4 Å². The van der Waals surface area contributed by atoms with Gasteiger partial charge in [0, 0.05) is 11.6 Å². The second-order valence-corrected chi connectivity index (χ2v) is 10.8. The first-order chi connectivity index (χ1) is 17.9. The molecule has 1 N–H and O–H groups in total. The molecule has 7 nitrogen and oxygen atoms in total. The molecule has 0 saturated heterocycles. The van der Waals surface area contributed by atoms with Crippen molar-refractivity contribution < 1.29 is 28.5 Å². The van der Waals surface area contributed by atoms with Gasteiger partial charge in [0.05, 0.1) is 11.5 Å². The Bertz CT molecular complexity index is 1320. The van der Waals surface area contributed by atoms with E-state index in [2.05, 4.69) is 53.7 Å². The molecule has 0 saturated carbocycles. The molecule has 0 amide bonds. The lowest BCUT2D eigenvalue weighted by Gasteiger charge is -2.31. The minimum absolute atomic E-state index is 0.0255. The van der Waals surface area contributed by atoms with E-state index in [1.807, 2.05) is 13.0 Å². The van der Waals surface area contributed by atoms with Gasteiger partial charge >= 0.3 is 11.6 Å². The predicted octanol–water partition coefficient (Wildman–Crippen LogP) is 6.65. The van der Waals surface area contributed by atoms with Gasteiger partial charge in [0.15, 0.2) is 6.10 Å². The van der Waals surface area contributed by atoms with Gasteiger partial charge < -0.3 is 23.7 Å². The molecule has 38 heavy (non-hydrogen) atoms. The van der Waals surface area contributed by atoms with Gasteiger partial charge in [-0.3, -0.25) is 0 Å². The number of carbonyl (C=O) groups is 1. The Morgan fingerprint density at radius 2 is 1.66 bits per heavy atom. The fraction of sp³-hybridized carbons (Fsp3) is 0.484. The van der Waals surface area contributed by atoms with Crippen LogP contribution in [0.25, 0.3) is 11.0 Å². The van der Waals surface area contributed by atoms with Gasteiger partial charge in [-0.25, -0.2) is 9.59 Å². The molecule has 2 aromatic carbocycles. The largest absolute Gasteiger partial charge is 0.507 e. The van der Waals surface area contributed by atoms with E-state index in [0.717, 1.165) is 24.5 Å². The maximum absolute atomic E-state index is 12.9. The average Bonchev–Trinajstić information content (AvgIpc) is 2.89. The van der Waals surface area contributed by atoms with Crippen LogP contribution in [0.3, 0.4) is 0 Å². The van der Waals surface area contributed by atoms with E-state index in [0.29, 0.717) is 23.3 Å². The summed E-state index contributed by atoms with van der Waals surface area (Å²) in [6, 6.07) is 12.1. The zero-order valence-corrected chi connectivity index (χ0v) is 23.6. The Kier molecular flexibility index (Phi) is 9.13. The smallest absolute Gasteiger partial charge is 0.347 e. The molecule has 0 aliphatic heterocycles. The topological polar surface area (TPSA) is 95.2 Å². The van der Waals surface area contributed by atoms with Crippen LogP contribution in [-0.4, -0.2) is 30.4 Å². The number of ether oxygens (including phenoxy) is 3. The maximum Gasteiger partial charge on any atom is 0.347 e. The summed E-state index contributed by atoms with van der Waals surface area (Å²) < 4.78 is 22.5. The lowest BCUT2D eigenvalue weighted by Crippen LogP contribution is -2.31. The summed E-state index contributed by atoms with van der Waals surface area (Å²) in [5.41, 5.74) is 1.81. The maximum atomic E-state index is 12.9. The third-order valence-corrected chi connectivity index (χ3v) is 7.45. The van der Waals surface area contributed by atoms with Gasteiger partial charge in [0.2, 0.25) is 0 Å². The van der Waals surface area contributed by atoms with Crippen molar-refractivity contribution in [1.29, 1.82) is 0 Å². The van der Waals surface area contributed by atoms with Crippen molar-refractivity contribution in [2.75, 3.05) is 13.2 Å². The summed E-state index contributed by atoms with van der Waals surface area (Å²) in [6.07, 6.45) is 1.65. The van der Waals surface area contributed by atoms with Crippen LogP contribution in [0.5, 0.6) is 17.2 Å². The first kappa shape index (κ1) is 29.1. The first-order valence-corrected chi connectivity index (χ1v) is 13.3. The Balaban J connectivity index is 1.66. The lowest BCUT2D eigenvalue weighted by atomic mass is 9.76. The molecule has 1 heterocycles. The molecule has 0 aliphatic carbocycles. The molecule has 3 rings (SSSR count). The Morgan fingerprint density at radius 1 is 0.947 bits per heavy atom. The van der Waals surface area contributed by atoms with Crippen LogP contribution in [0.15, 0.2) is 51.7 Å². The third-order valence-electron chi connectivity index (χ3n) is 7.45. The monoisotopic (exact) mass is 524 g/mol. The average molecular weight is 525 g/mol. The molecular weight excluding hydrogens is 484 g/mol. The van der Waals surface area contributed by atoms with Crippen molar-refractivity contribution >= 4 is 16.9 Å². The molecule has 0 aliphatic rings. The van der Waals surface area contributed by atoms with Crippen LogP contribution in [0.4, 0.5) is 0 Å². The predicted molar refractivity (Wildman–Crippen MR) is 148 cm³/mol. The van der Waals surface area contributed by atoms with Gasteiger partial charge in [-0.05, 0) is 53.9 Å². The molecule has 1 atom stereocenters. The molecule has 0 spiro atoms. The zero-order valence-electron chi connectivity index (χ0n) is 23.6. The summed E-state index contributed by atoms with van der Waals surface area (Å²) in [6.45, 7) is 15.2. The molecule has 206 valence electrons. The summed E-state index contributed by atoms with van der Waals surface area (Å²) in [7, 11) is 0. The highest BCUT2D eigenvalue weighted by Gasteiger charge is 2.29. The third kappa shape index (κ3) is 6.69. The quantitative estimate of drug-likeness (QED) is 0.161. The number of aromatic hydroxyl groups is 1. The van der Waals surface area contributed by atoms with E-state index in [4.69, 9.17) is 18.6 Å². The standard InChI is InChI=1S/C31H40O7/c1-8-25(37-26-14-11-20(30(4,5)9-2)17-23(26)31(6,7)10-3)29(34)36-16-15-35-21-12-13-22-24(32)19-28(33)38-27(22)18-21/h11-14,17-19,25,32H,8-10,15-16H2,1-7H3. The molecule has 0 fully saturated rings. The van der Waals surface area contributed by atoms with Crippen LogP contribution >= 0.6 is 0 Å². The fourth-order valence-corrected chi connectivity index (χ4v) is 4.04. The number of benzene rings is 2. The highest BCUT2D eigenvalue weighted by molar-refractivity contribution is 5.83. The summed E-state index contributed by atoms with van der Waals surface area (Å²) >= 11 is 0. The Hall–Kier alpha value is -3.48. The minimum atomic E-state index is -0.746. The van der Waals surface area contributed by atoms with Crippen molar-refractivity contribution in [3.8, 4) is 17.2 Å². The van der Waals surface area contributed by atoms with Crippen LogP contribution < -0.4 is 15.1 Å². The molecule has 0 bridgehead atoms. The number of hydrogen-bond donors (Lipinski definition) is 1. The summed E-state index contributed by atoms with van der Waals surface area (Å²) in [5.74, 6) is 0.515. The zero-order chi connectivity index (χ0) is 28.1. The van der Waals surface area contributed by atoms with Crippen LogP contribution in [0.2, 0.25) is 0 Å². The SMILES string of the molecule is CCC(Oc1ccc(C(C)(C)CC)cc1C(C)(C)CC)C(=O)OCCOc1ccc2c(O)cc(=O)oc2c1. The molecule has 3 aromatic rings. The van der Waals surface area contributed by atoms with Crippen molar-refractivity contribution in [3.05, 3.63) is 64.0 Å². The van der Waals surface area contributed by atoms with E-state index < -0.39 is 17.7 Å². The minimum Gasteiger partial charge on any atom is -0.507 e. The van der Waals surface area contributed by atoms with Gasteiger partial charge in [0.25, 0.3) is 0 Å². The molecular formula is C31H40O7. The van der Waals surface area contributed by atoms with Crippen LogP contribution in [0, 0.1) is 0 Å². The van der Waals surface area contributed by atoms with Crippen LogP contribution in [0.1, 0.15) is 78.9 Å². The van der Waals surface area contributed by atoms with Gasteiger partial charge in [-0.1, -0.05) is 60.6 Å². The summed E-state index contributed by atoms with van der Waals surface area (Å²) in [5, 5.41) is 10.3. The fourth-order valence-electron chi connectivity index (χ4n) is 4.04.